The summed E-state index contributed by atoms with van der Waals surface area (Å²) in [5.74, 6) is 1.35. The number of carbonyl (C=O) groups is 1. The Kier molecular flexibility index (Phi) is 5.54. The smallest absolute Gasteiger partial charge is 0.348 e. The summed E-state index contributed by atoms with van der Waals surface area (Å²) in [6.45, 7) is 8.61. The normalized spacial score (nSPS) is 11.3. The molecule has 0 aliphatic heterocycles. The van der Waals surface area contributed by atoms with Crippen LogP contribution in [0.2, 0.25) is 0 Å². The summed E-state index contributed by atoms with van der Waals surface area (Å²) in [7, 11) is 1.87. The van der Waals surface area contributed by atoms with Crippen LogP contribution in [0.15, 0.2) is 0 Å². The van der Waals surface area contributed by atoms with Gasteiger partial charge in [-0.25, -0.2) is 14.8 Å². The van der Waals surface area contributed by atoms with E-state index in [2.05, 4.69) is 9.97 Å². The number of carbonyl (C=O) groups excluding carboxylic acids is 1. The van der Waals surface area contributed by atoms with Crippen LogP contribution in [0.3, 0.4) is 0 Å². The quantitative estimate of drug-likeness (QED) is 0.817. The zero-order chi connectivity index (χ0) is 17.1. The highest BCUT2D eigenvalue weighted by atomic mass is 32.1. The Morgan fingerprint density at radius 3 is 2.65 bits per heavy atom. The lowest BCUT2D eigenvalue weighted by atomic mass is 10.2. The Labute approximate surface area is 140 Å². The van der Waals surface area contributed by atoms with Crippen LogP contribution in [0.4, 0.5) is 5.82 Å². The molecule has 0 radical (unpaired) electrons. The third-order valence-electron chi connectivity index (χ3n) is 3.41. The highest BCUT2D eigenvalue weighted by Crippen LogP contribution is 2.35. The van der Waals surface area contributed by atoms with Crippen molar-refractivity contribution in [3.05, 3.63) is 16.3 Å². The molecule has 0 amide bonds. The second-order valence-corrected chi connectivity index (χ2v) is 6.97. The number of rotatable bonds is 6. The number of aliphatic hydroxyl groups excluding tert-OH is 1. The molecule has 0 aromatic carbocycles. The summed E-state index contributed by atoms with van der Waals surface area (Å²) in [5, 5.41) is 10.0. The van der Waals surface area contributed by atoms with E-state index in [9.17, 15) is 4.79 Å². The maximum Gasteiger partial charge on any atom is 0.348 e. The lowest BCUT2D eigenvalue weighted by Crippen LogP contribution is -2.23. The van der Waals surface area contributed by atoms with E-state index in [1.54, 1.807) is 0 Å². The molecule has 2 aromatic rings. The summed E-state index contributed by atoms with van der Waals surface area (Å²) >= 11 is 1.33. The van der Waals surface area contributed by atoms with Crippen molar-refractivity contribution in [3.63, 3.8) is 0 Å². The predicted octanol–water partition coefficient (Wildman–Crippen LogP) is 2.55. The van der Waals surface area contributed by atoms with Crippen LogP contribution in [-0.2, 0) is 4.74 Å². The number of aliphatic hydroxyl groups is 1. The van der Waals surface area contributed by atoms with E-state index in [4.69, 9.17) is 9.84 Å². The molecule has 0 saturated heterocycles. The van der Waals surface area contributed by atoms with E-state index in [0.717, 1.165) is 21.6 Å². The molecule has 23 heavy (non-hydrogen) atoms. The van der Waals surface area contributed by atoms with Crippen molar-refractivity contribution in [2.24, 2.45) is 5.92 Å². The fourth-order valence-corrected chi connectivity index (χ4v) is 3.37. The molecule has 0 spiro atoms. The molecule has 0 bridgehead atoms. The van der Waals surface area contributed by atoms with Gasteiger partial charge in [0.05, 0.1) is 18.6 Å². The number of hydrogen-bond donors (Lipinski definition) is 1. The molecule has 2 heterocycles. The Morgan fingerprint density at radius 2 is 2.04 bits per heavy atom. The number of fused-ring (bicyclic) bond motifs is 1. The predicted molar refractivity (Wildman–Crippen MR) is 92.4 cm³/mol. The number of nitrogens with zero attached hydrogens (tertiary/aromatic N) is 3. The molecule has 0 unspecified atom stereocenters. The van der Waals surface area contributed by atoms with Gasteiger partial charge in [-0.2, -0.15) is 0 Å². The summed E-state index contributed by atoms with van der Waals surface area (Å²) in [5.41, 5.74) is 0.832. The van der Waals surface area contributed by atoms with Gasteiger partial charge in [0.2, 0.25) is 0 Å². The maximum atomic E-state index is 12.3. The van der Waals surface area contributed by atoms with Gasteiger partial charge in [0.15, 0.2) is 0 Å². The average molecular weight is 337 g/mol. The minimum absolute atomic E-state index is 0.0352. The lowest BCUT2D eigenvalue weighted by molar-refractivity contribution is 0.0464. The van der Waals surface area contributed by atoms with E-state index in [1.165, 1.54) is 11.3 Å². The van der Waals surface area contributed by atoms with Gasteiger partial charge >= 0.3 is 5.97 Å². The van der Waals surface area contributed by atoms with Crippen LogP contribution in [0.25, 0.3) is 10.2 Å². The molecule has 0 aliphatic rings. The van der Waals surface area contributed by atoms with E-state index in [0.29, 0.717) is 29.8 Å². The van der Waals surface area contributed by atoms with Gasteiger partial charge in [-0.1, -0.05) is 13.8 Å². The largest absolute Gasteiger partial charge is 0.461 e. The molecular weight excluding hydrogens is 314 g/mol. The van der Waals surface area contributed by atoms with Crippen molar-refractivity contribution in [2.45, 2.75) is 27.7 Å². The minimum Gasteiger partial charge on any atom is -0.461 e. The number of aryl methyl sites for hydroxylation is 2. The van der Waals surface area contributed by atoms with Gasteiger partial charge in [0.25, 0.3) is 0 Å². The number of aromatic nitrogens is 2. The Morgan fingerprint density at radius 1 is 1.35 bits per heavy atom. The van der Waals surface area contributed by atoms with E-state index in [-0.39, 0.29) is 12.6 Å². The average Bonchev–Trinajstić information content (AvgIpc) is 2.81. The van der Waals surface area contributed by atoms with Crippen molar-refractivity contribution in [3.8, 4) is 0 Å². The molecule has 0 saturated carbocycles. The molecule has 0 fully saturated rings. The van der Waals surface area contributed by atoms with Crippen molar-refractivity contribution in [1.82, 2.24) is 9.97 Å². The highest BCUT2D eigenvalue weighted by molar-refractivity contribution is 7.20. The second-order valence-electron chi connectivity index (χ2n) is 5.97. The number of ether oxygens (including phenoxy) is 1. The first-order valence-electron chi connectivity index (χ1n) is 7.62. The van der Waals surface area contributed by atoms with Crippen LogP contribution in [-0.4, -0.2) is 47.8 Å². The molecule has 7 heteroatoms. The standard InChI is InChI=1S/C16H23N3O3S/c1-9(2)8-22-16(21)13-10(3)12-14(19(5)6-7-20)17-11(4)18-15(12)23-13/h9,20H,6-8H2,1-5H3. The fourth-order valence-electron chi connectivity index (χ4n) is 2.26. The Bertz CT molecular complexity index is 712. The topological polar surface area (TPSA) is 75.5 Å². The van der Waals surface area contributed by atoms with Crippen molar-refractivity contribution in [1.29, 1.82) is 0 Å². The lowest BCUT2D eigenvalue weighted by Gasteiger charge is -2.18. The SMILES string of the molecule is Cc1nc(N(C)CCO)c2c(C)c(C(=O)OCC(C)C)sc2n1. The third-order valence-corrected chi connectivity index (χ3v) is 4.58. The van der Waals surface area contributed by atoms with E-state index >= 15 is 0 Å². The number of hydrogen-bond acceptors (Lipinski definition) is 7. The van der Waals surface area contributed by atoms with Crippen LogP contribution >= 0.6 is 11.3 Å². The molecule has 126 valence electrons. The Hall–Kier alpha value is -1.73. The first-order valence-corrected chi connectivity index (χ1v) is 8.43. The van der Waals surface area contributed by atoms with Crippen LogP contribution in [0.5, 0.6) is 0 Å². The van der Waals surface area contributed by atoms with Gasteiger partial charge < -0.3 is 14.7 Å². The molecule has 0 aliphatic carbocycles. The summed E-state index contributed by atoms with van der Waals surface area (Å²) in [4.78, 5) is 24.5. The summed E-state index contributed by atoms with van der Waals surface area (Å²) in [6.07, 6.45) is 0. The van der Waals surface area contributed by atoms with Gasteiger partial charge in [-0.3, -0.25) is 0 Å². The molecule has 0 atom stereocenters. The molecule has 2 rings (SSSR count). The monoisotopic (exact) mass is 337 g/mol. The van der Waals surface area contributed by atoms with E-state index in [1.807, 2.05) is 39.6 Å². The second kappa shape index (κ2) is 7.23. The number of likely N-dealkylation sites (N-methyl/N-ethyl adjacent to an activating group) is 1. The first-order chi connectivity index (χ1) is 10.8. The highest BCUT2D eigenvalue weighted by Gasteiger charge is 2.22. The maximum absolute atomic E-state index is 12.3. The van der Waals surface area contributed by atoms with E-state index < -0.39 is 0 Å². The molecule has 6 nitrogen and oxygen atoms in total. The first kappa shape index (κ1) is 17.6. The number of esters is 1. The van der Waals surface area contributed by atoms with Crippen molar-refractivity contribution < 1.29 is 14.6 Å². The Balaban J connectivity index is 2.48. The molecule has 2 aromatic heterocycles. The third kappa shape index (κ3) is 3.79. The van der Waals surface area contributed by atoms with Gasteiger partial charge in [-0.15, -0.1) is 11.3 Å². The zero-order valence-corrected chi connectivity index (χ0v) is 15.0. The van der Waals surface area contributed by atoms with Crippen molar-refractivity contribution in [2.75, 3.05) is 31.7 Å². The van der Waals surface area contributed by atoms with Crippen molar-refractivity contribution >= 4 is 33.3 Å². The number of thiophene rings is 1. The minimum atomic E-state index is -0.312. The van der Waals surface area contributed by atoms with Crippen LogP contribution in [0.1, 0.15) is 34.9 Å². The molecule has 1 N–H and O–H groups in total. The van der Waals surface area contributed by atoms with Gasteiger partial charge in [-0.05, 0) is 25.3 Å². The summed E-state index contributed by atoms with van der Waals surface area (Å²) < 4.78 is 5.35. The van der Waals surface area contributed by atoms with Crippen LogP contribution < -0.4 is 4.90 Å². The fraction of sp³-hybridized carbons (Fsp3) is 0.562. The molecular formula is C16H23N3O3S. The van der Waals surface area contributed by atoms with Crippen LogP contribution in [0, 0.1) is 19.8 Å². The number of anilines is 1. The zero-order valence-electron chi connectivity index (χ0n) is 14.2. The summed E-state index contributed by atoms with van der Waals surface area (Å²) in [6, 6.07) is 0. The van der Waals surface area contributed by atoms with Gasteiger partial charge in [0.1, 0.15) is 21.3 Å². The van der Waals surface area contributed by atoms with Gasteiger partial charge in [0, 0.05) is 13.6 Å².